The number of alkyl carbamates (subject to hydrolysis) is 1. The number of carbonyl (C=O) groups excluding carboxylic acids is 2. The third kappa shape index (κ3) is 2.22. The number of amides is 1. The number of ether oxygens (including phenoxy) is 1. The monoisotopic (exact) mass is 171 g/mol. The standard InChI is InChI=1S/C8H13NO3/c1-12-8(11)9-7-3-2-6(4-7)5-10/h5-7H,2-4H2,1H3,(H,9,11). The molecular weight excluding hydrogens is 158 g/mol. The van der Waals surface area contributed by atoms with Gasteiger partial charge >= 0.3 is 6.09 Å². The highest BCUT2D eigenvalue weighted by molar-refractivity contribution is 5.67. The topological polar surface area (TPSA) is 55.4 Å². The van der Waals surface area contributed by atoms with Crippen molar-refractivity contribution in [2.45, 2.75) is 25.3 Å². The zero-order chi connectivity index (χ0) is 8.97. The number of aldehydes is 1. The molecule has 12 heavy (non-hydrogen) atoms. The van der Waals surface area contributed by atoms with Gasteiger partial charge in [0.15, 0.2) is 0 Å². The summed E-state index contributed by atoms with van der Waals surface area (Å²) in [7, 11) is 1.33. The van der Waals surface area contributed by atoms with Crippen LogP contribution in [0, 0.1) is 5.92 Å². The Morgan fingerprint density at radius 2 is 2.33 bits per heavy atom. The first-order valence-electron chi connectivity index (χ1n) is 4.06. The van der Waals surface area contributed by atoms with Crippen molar-refractivity contribution in [1.29, 1.82) is 0 Å². The lowest BCUT2D eigenvalue weighted by Gasteiger charge is -2.09. The van der Waals surface area contributed by atoms with Crippen LogP contribution in [0.4, 0.5) is 4.79 Å². The van der Waals surface area contributed by atoms with Gasteiger partial charge in [0.05, 0.1) is 7.11 Å². The normalized spacial score (nSPS) is 28.1. The summed E-state index contributed by atoms with van der Waals surface area (Å²) in [5, 5.41) is 2.67. The molecule has 1 aliphatic rings. The third-order valence-electron chi connectivity index (χ3n) is 2.17. The summed E-state index contributed by atoms with van der Waals surface area (Å²) in [4.78, 5) is 21.1. The second-order valence-corrected chi connectivity index (χ2v) is 3.04. The number of hydrogen-bond acceptors (Lipinski definition) is 3. The Bertz CT molecular complexity index is 181. The van der Waals surface area contributed by atoms with E-state index in [1.54, 1.807) is 0 Å². The van der Waals surface area contributed by atoms with Gasteiger partial charge in [-0.15, -0.1) is 0 Å². The number of nitrogens with one attached hydrogen (secondary N) is 1. The largest absolute Gasteiger partial charge is 0.453 e. The zero-order valence-electron chi connectivity index (χ0n) is 7.08. The molecule has 4 nitrogen and oxygen atoms in total. The molecule has 0 aliphatic heterocycles. The van der Waals surface area contributed by atoms with E-state index in [1.807, 2.05) is 0 Å². The fraction of sp³-hybridized carbons (Fsp3) is 0.750. The summed E-state index contributed by atoms with van der Waals surface area (Å²) in [6, 6.07) is 0.118. The molecule has 1 rings (SSSR count). The average Bonchev–Trinajstić information content (AvgIpc) is 2.52. The van der Waals surface area contributed by atoms with Crippen LogP contribution in [0.15, 0.2) is 0 Å². The van der Waals surface area contributed by atoms with Crippen molar-refractivity contribution in [3.05, 3.63) is 0 Å². The molecule has 2 unspecified atom stereocenters. The maximum Gasteiger partial charge on any atom is 0.407 e. The van der Waals surface area contributed by atoms with Gasteiger partial charge in [0.1, 0.15) is 6.29 Å². The predicted octanol–water partition coefficient (Wildman–Crippen LogP) is 0.710. The molecule has 1 aliphatic carbocycles. The van der Waals surface area contributed by atoms with Gasteiger partial charge in [-0.1, -0.05) is 0 Å². The molecule has 0 spiro atoms. The molecule has 1 amide bonds. The van der Waals surface area contributed by atoms with Crippen molar-refractivity contribution in [2.75, 3.05) is 7.11 Å². The Morgan fingerprint density at radius 1 is 1.58 bits per heavy atom. The first-order chi connectivity index (χ1) is 5.76. The van der Waals surface area contributed by atoms with Crippen LogP contribution in [0.5, 0.6) is 0 Å². The maximum atomic E-state index is 10.7. The molecule has 1 N–H and O–H groups in total. The Kier molecular flexibility index (Phi) is 3.08. The highest BCUT2D eigenvalue weighted by Gasteiger charge is 2.25. The van der Waals surface area contributed by atoms with Crippen molar-refractivity contribution < 1.29 is 14.3 Å². The second-order valence-electron chi connectivity index (χ2n) is 3.04. The van der Waals surface area contributed by atoms with Crippen LogP contribution in [0.3, 0.4) is 0 Å². The van der Waals surface area contributed by atoms with Crippen molar-refractivity contribution in [2.24, 2.45) is 5.92 Å². The Hall–Kier alpha value is -1.06. The minimum atomic E-state index is -0.411. The molecule has 0 saturated heterocycles. The number of methoxy groups -OCH3 is 1. The van der Waals surface area contributed by atoms with Gasteiger partial charge in [-0.2, -0.15) is 0 Å². The third-order valence-corrected chi connectivity index (χ3v) is 2.17. The number of rotatable bonds is 2. The van der Waals surface area contributed by atoms with E-state index >= 15 is 0 Å². The first kappa shape index (κ1) is 9.03. The summed E-state index contributed by atoms with van der Waals surface area (Å²) < 4.78 is 4.44. The summed E-state index contributed by atoms with van der Waals surface area (Å²) in [5.41, 5.74) is 0. The van der Waals surface area contributed by atoms with Gasteiger partial charge in [0, 0.05) is 12.0 Å². The van der Waals surface area contributed by atoms with Crippen molar-refractivity contribution in [3.63, 3.8) is 0 Å². The van der Waals surface area contributed by atoms with E-state index in [4.69, 9.17) is 0 Å². The van der Waals surface area contributed by atoms with Gasteiger partial charge in [-0.05, 0) is 19.3 Å². The van der Waals surface area contributed by atoms with Crippen molar-refractivity contribution in [1.82, 2.24) is 5.32 Å². The number of hydrogen-bond donors (Lipinski definition) is 1. The fourth-order valence-electron chi connectivity index (χ4n) is 1.50. The SMILES string of the molecule is COC(=O)NC1CCC(C=O)C1. The molecule has 2 atom stereocenters. The molecule has 4 heteroatoms. The van der Waals surface area contributed by atoms with E-state index in [0.29, 0.717) is 0 Å². The lowest BCUT2D eigenvalue weighted by atomic mass is 10.1. The minimum Gasteiger partial charge on any atom is -0.453 e. The number of carbonyl (C=O) groups is 2. The highest BCUT2D eigenvalue weighted by atomic mass is 16.5. The van der Waals surface area contributed by atoms with E-state index in [9.17, 15) is 9.59 Å². The molecular formula is C8H13NO3. The zero-order valence-corrected chi connectivity index (χ0v) is 7.08. The van der Waals surface area contributed by atoms with Crippen molar-refractivity contribution >= 4 is 12.4 Å². The molecule has 1 fully saturated rings. The van der Waals surface area contributed by atoms with Gasteiger partial charge < -0.3 is 14.8 Å². The Balaban J connectivity index is 2.27. The molecule has 0 aromatic rings. The van der Waals surface area contributed by atoms with E-state index in [-0.39, 0.29) is 12.0 Å². The molecule has 0 radical (unpaired) electrons. The Morgan fingerprint density at radius 3 is 2.83 bits per heavy atom. The van der Waals surface area contributed by atoms with Crippen LogP contribution in [0.25, 0.3) is 0 Å². The molecule has 0 heterocycles. The first-order valence-corrected chi connectivity index (χ1v) is 4.06. The summed E-state index contributed by atoms with van der Waals surface area (Å²) in [5.74, 6) is 0.118. The lowest BCUT2D eigenvalue weighted by molar-refractivity contribution is -0.110. The maximum absolute atomic E-state index is 10.7. The predicted molar refractivity (Wildman–Crippen MR) is 42.7 cm³/mol. The Labute approximate surface area is 71.3 Å². The lowest BCUT2D eigenvalue weighted by Crippen LogP contribution is -2.32. The van der Waals surface area contributed by atoms with Crippen LogP contribution in [-0.4, -0.2) is 25.5 Å². The van der Waals surface area contributed by atoms with E-state index in [2.05, 4.69) is 10.1 Å². The van der Waals surface area contributed by atoms with E-state index < -0.39 is 6.09 Å². The van der Waals surface area contributed by atoms with Crippen LogP contribution in [0.1, 0.15) is 19.3 Å². The summed E-state index contributed by atoms with van der Waals surface area (Å²) >= 11 is 0. The summed E-state index contributed by atoms with van der Waals surface area (Å²) in [6.07, 6.45) is 3.04. The van der Waals surface area contributed by atoms with Crippen LogP contribution >= 0.6 is 0 Å². The average molecular weight is 171 g/mol. The van der Waals surface area contributed by atoms with Gasteiger partial charge in [0.25, 0.3) is 0 Å². The van der Waals surface area contributed by atoms with Gasteiger partial charge in [0.2, 0.25) is 0 Å². The van der Waals surface area contributed by atoms with E-state index in [0.717, 1.165) is 25.5 Å². The van der Waals surface area contributed by atoms with Crippen molar-refractivity contribution in [3.8, 4) is 0 Å². The van der Waals surface area contributed by atoms with Crippen LogP contribution in [0.2, 0.25) is 0 Å². The smallest absolute Gasteiger partial charge is 0.407 e. The molecule has 0 aromatic carbocycles. The molecule has 1 saturated carbocycles. The van der Waals surface area contributed by atoms with E-state index in [1.165, 1.54) is 7.11 Å². The molecule has 68 valence electrons. The van der Waals surface area contributed by atoms with Gasteiger partial charge in [-0.3, -0.25) is 0 Å². The van der Waals surface area contributed by atoms with Gasteiger partial charge in [-0.25, -0.2) is 4.79 Å². The van der Waals surface area contributed by atoms with Crippen LogP contribution < -0.4 is 5.32 Å². The second kappa shape index (κ2) is 4.09. The molecule has 0 bridgehead atoms. The minimum absolute atomic E-state index is 0.118. The molecule has 0 aromatic heterocycles. The quantitative estimate of drug-likeness (QED) is 0.622. The summed E-state index contributed by atoms with van der Waals surface area (Å²) in [6.45, 7) is 0. The fourth-order valence-corrected chi connectivity index (χ4v) is 1.50. The van der Waals surface area contributed by atoms with Crippen LogP contribution in [-0.2, 0) is 9.53 Å². The highest BCUT2D eigenvalue weighted by Crippen LogP contribution is 2.23.